The Morgan fingerprint density at radius 2 is 1.77 bits per heavy atom. The first kappa shape index (κ1) is 22.0. The number of rotatable bonds is 10. The molecule has 0 aliphatic rings. The van der Waals surface area contributed by atoms with Crippen molar-refractivity contribution in [2.24, 2.45) is 5.92 Å². The van der Waals surface area contributed by atoms with Gasteiger partial charge in [0, 0.05) is 43.3 Å². The minimum absolute atomic E-state index is 0.0846. The lowest BCUT2D eigenvalue weighted by Gasteiger charge is -2.21. The van der Waals surface area contributed by atoms with Gasteiger partial charge in [0.2, 0.25) is 5.91 Å². The number of hydrogen-bond donors (Lipinski definition) is 2. The fourth-order valence-electron chi connectivity index (χ4n) is 2.72. The molecule has 1 atom stereocenters. The van der Waals surface area contributed by atoms with E-state index in [9.17, 15) is 9.59 Å². The molecular formula is C21H35N3O2. The van der Waals surface area contributed by atoms with Gasteiger partial charge in [-0.1, -0.05) is 19.9 Å². The van der Waals surface area contributed by atoms with Crippen LogP contribution in [0.15, 0.2) is 18.2 Å². The summed E-state index contributed by atoms with van der Waals surface area (Å²) < 4.78 is 0. The minimum Gasteiger partial charge on any atom is -0.382 e. The molecule has 26 heavy (non-hydrogen) atoms. The highest BCUT2D eigenvalue weighted by atomic mass is 16.2. The summed E-state index contributed by atoms with van der Waals surface area (Å²) in [5.41, 5.74) is 2.63. The van der Waals surface area contributed by atoms with Crippen molar-refractivity contribution in [2.45, 2.75) is 60.4 Å². The highest BCUT2D eigenvalue weighted by Gasteiger charge is 2.14. The Morgan fingerprint density at radius 3 is 2.35 bits per heavy atom. The van der Waals surface area contributed by atoms with Crippen LogP contribution in [-0.4, -0.2) is 42.4 Å². The predicted octanol–water partition coefficient (Wildman–Crippen LogP) is 3.83. The van der Waals surface area contributed by atoms with E-state index in [1.807, 2.05) is 43.9 Å². The van der Waals surface area contributed by atoms with Crippen LogP contribution in [0.2, 0.25) is 0 Å². The van der Waals surface area contributed by atoms with Gasteiger partial charge in [-0.15, -0.1) is 0 Å². The largest absolute Gasteiger partial charge is 0.382 e. The number of carbonyl (C=O) groups excluding carboxylic acids is 2. The Hall–Kier alpha value is -2.04. The molecule has 0 spiro atoms. The smallest absolute Gasteiger partial charge is 0.251 e. The number of nitrogens with zero attached hydrogens (tertiary/aromatic N) is 1. The van der Waals surface area contributed by atoms with Gasteiger partial charge in [0.1, 0.15) is 0 Å². The van der Waals surface area contributed by atoms with E-state index in [4.69, 9.17) is 0 Å². The number of hydrogen-bond acceptors (Lipinski definition) is 3. The van der Waals surface area contributed by atoms with Crippen molar-refractivity contribution in [3.63, 3.8) is 0 Å². The van der Waals surface area contributed by atoms with Crippen LogP contribution in [0.4, 0.5) is 5.69 Å². The molecule has 2 N–H and O–H groups in total. The minimum atomic E-state index is -0.0846. The maximum atomic E-state index is 12.5. The third-order valence-electron chi connectivity index (χ3n) is 4.93. The summed E-state index contributed by atoms with van der Waals surface area (Å²) in [5, 5.41) is 6.42. The van der Waals surface area contributed by atoms with Gasteiger partial charge in [-0.05, 0) is 57.7 Å². The zero-order chi connectivity index (χ0) is 19.7. The second-order valence-corrected chi connectivity index (χ2v) is 7.08. The van der Waals surface area contributed by atoms with Crippen LogP contribution in [0.25, 0.3) is 0 Å². The Balaban J connectivity index is 2.59. The number of benzene rings is 1. The van der Waals surface area contributed by atoms with Gasteiger partial charge in [-0.2, -0.15) is 0 Å². The summed E-state index contributed by atoms with van der Waals surface area (Å²) in [7, 11) is 0. The zero-order valence-electron chi connectivity index (χ0n) is 17.2. The summed E-state index contributed by atoms with van der Waals surface area (Å²) >= 11 is 0. The zero-order valence-corrected chi connectivity index (χ0v) is 17.2. The van der Waals surface area contributed by atoms with Crippen molar-refractivity contribution >= 4 is 17.5 Å². The Labute approximate surface area is 158 Å². The van der Waals surface area contributed by atoms with E-state index in [-0.39, 0.29) is 11.8 Å². The fraction of sp³-hybridized carbons (Fsp3) is 0.619. The van der Waals surface area contributed by atoms with Crippen LogP contribution in [0.3, 0.4) is 0 Å². The average molecular weight is 362 g/mol. The summed E-state index contributed by atoms with van der Waals surface area (Å²) in [6.07, 6.45) is 1.12. The lowest BCUT2D eigenvalue weighted by molar-refractivity contribution is -0.130. The van der Waals surface area contributed by atoms with E-state index >= 15 is 0 Å². The molecule has 0 fully saturated rings. The molecule has 0 bridgehead atoms. The SMILES string of the molecule is CCN(CC)C(=O)CCCNC(=O)c1cccc(N[C@@H](C)C(C)C)c1C. The molecule has 0 aliphatic carbocycles. The van der Waals surface area contributed by atoms with Crippen LogP contribution < -0.4 is 10.6 Å². The summed E-state index contributed by atoms with van der Waals surface area (Å²) in [6, 6.07) is 6.09. The van der Waals surface area contributed by atoms with Crippen LogP contribution >= 0.6 is 0 Å². The van der Waals surface area contributed by atoms with Gasteiger partial charge >= 0.3 is 0 Å². The number of anilines is 1. The number of nitrogens with one attached hydrogen (secondary N) is 2. The van der Waals surface area contributed by atoms with Gasteiger partial charge in [0.25, 0.3) is 5.91 Å². The molecule has 1 aromatic carbocycles. The molecule has 146 valence electrons. The maximum absolute atomic E-state index is 12.5. The van der Waals surface area contributed by atoms with Gasteiger partial charge < -0.3 is 15.5 Å². The van der Waals surface area contributed by atoms with Crippen molar-refractivity contribution in [1.82, 2.24) is 10.2 Å². The first-order chi connectivity index (χ1) is 12.3. The standard InChI is InChI=1S/C21H35N3O2/c1-7-24(8-2)20(25)13-10-14-22-21(26)18-11-9-12-19(16(18)5)23-17(6)15(3)4/h9,11-12,15,17,23H,7-8,10,13-14H2,1-6H3,(H,22,26)/t17-/m0/s1. The molecule has 0 saturated carbocycles. The summed E-state index contributed by atoms with van der Waals surface area (Å²) in [4.78, 5) is 26.3. The molecule has 1 aromatic rings. The third kappa shape index (κ3) is 6.36. The first-order valence-corrected chi connectivity index (χ1v) is 9.73. The second-order valence-electron chi connectivity index (χ2n) is 7.08. The van der Waals surface area contributed by atoms with Crippen molar-refractivity contribution in [3.05, 3.63) is 29.3 Å². The third-order valence-corrected chi connectivity index (χ3v) is 4.93. The number of amides is 2. The fourth-order valence-corrected chi connectivity index (χ4v) is 2.72. The molecule has 1 rings (SSSR count). The lowest BCUT2D eigenvalue weighted by atomic mass is 10.0. The van der Waals surface area contributed by atoms with E-state index in [0.29, 0.717) is 36.9 Å². The monoisotopic (exact) mass is 361 g/mol. The predicted molar refractivity (Wildman–Crippen MR) is 109 cm³/mol. The molecule has 0 aliphatic heterocycles. The first-order valence-electron chi connectivity index (χ1n) is 9.73. The summed E-state index contributed by atoms with van der Waals surface area (Å²) in [6.45, 7) is 14.4. The number of carbonyl (C=O) groups is 2. The molecular weight excluding hydrogens is 326 g/mol. The Morgan fingerprint density at radius 1 is 1.12 bits per heavy atom. The quantitative estimate of drug-likeness (QED) is 0.623. The molecule has 5 nitrogen and oxygen atoms in total. The van der Waals surface area contributed by atoms with E-state index in [1.54, 1.807) is 0 Å². The van der Waals surface area contributed by atoms with Crippen molar-refractivity contribution < 1.29 is 9.59 Å². The van der Waals surface area contributed by atoms with Crippen LogP contribution in [-0.2, 0) is 4.79 Å². The van der Waals surface area contributed by atoms with Crippen molar-refractivity contribution in [1.29, 1.82) is 0 Å². The maximum Gasteiger partial charge on any atom is 0.251 e. The Bertz CT molecular complexity index is 595. The van der Waals surface area contributed by atoms with Crippen LogP contribution in [0, 0.1) is 12.8 Å². The molecule has 5 heteroatoms. The van der Waals surface area contributed by atoms with Crippen LogP contribution in [0.5, 0.6) is 0 Å². The van der Waals surface area contributed by atoms with Gasteiger partial charge in [0.15, 0.2) is 0 Å². The second kappa shape index (κ2) is 10.8. The molecule has 0 aromatic heterocycles. The Kier molecular flexibility index (Phi) is 9.17. The van der Waals surface area contributed by atoms with Gasteiger partial charge in [0.05, 0.1) is 0 Å². The van der Waals surface area contributed by atoms with E-state index in [0.717, 1.165) is 24.3 Å². The van der Waals surface area contributed by atoms with E-state index in [2.05, 4.69) is 31.4 Å². The van der Waals surface area contributed by atoms with E-state index < -0.39 is 0 Å². The molecule has 0 heterocycles. The normalized spacial score (nSPS) is 12.0. The lowest BCUT2D eigenvalue weighted by Crippen LogP contribution is -2.31. The van der Waals surface area contributed by atoms with E-state index in [1.165, 1.54) is 0 Å². The average Bonchev–Trinajstić information content (AvgIpc) is 2.61. The molecule has 0 radical (unpaired) electrons. The van der Waals surface area contributed by atoms with Crippen molar-refractivity contribution in [2.75, 3.05) is 25.0 Å². The van der Waals surface area contributed by atoms with Crippen LogP contribution in [0.1, 0.15) is 63.4 Å². The molecule has 0 saturated heterocycles. The van der Waals surface area contributed by atoms with Crippen molar-refractivity contribution in [3.8, 4) is 0 Å². The summed E-state index contributed by atoms with van der Waals surface area (Å²) in [5.74, 6) is 0.572. The van der Waals surface area contributed by atoms with Gasteiger partial charge in [-0.25, -0.2) is 0 Å². The molecule has 2 amide bonds. The van der Waals surface area contributed by atoms with Gasteiger partial charge in [-0.3, -0.25) is 9.59 Å². The molecule has 0 unspecified atom stereocenters. The highest BCUT2D eigenvalue weighted by Crippen LogP contribution is 2.21. The topological polar surface area (TPSA) is 61.4 Å². The highest BCUT2D eigenvalue weighted by molar-refractivity contribution is 5.97.